The van der Waals surface area contributed by atoms with Crippen molar-refractivity contribution in [3.8, 4) is 0 Å². The molecule has 0 heterocycles. The van der Waals surface area contributed by atoms with Gasteiger partial charge in [-0.25, -0.2) is 0 Å². The van der Waals surface area contributed by atoms with Crippen LogP contribution in [0, 0.1) is 0 Å². The highest BCUT2D eigenvalue weighted by Gasteiger charge is 2.17. The average molecular weight is 389 g/mol. The number of aliphatic hydroxyl groups excluding tert-OH is 1. The van der Waals surface area contributed by atoms with E-state index in [1.54, 1.807) is 0 Å². The van der Waals surface area contributed by atoms with Crippen LogP contribution in [-0.4, -0.2) is 54.6 Å². The number of aliphatic hydroxyl groups is 1. The number of nitrogens with one attached hydrogen (secondary N) is 1. The third kappa shape index (κ3) is 18.4. The van der Waals surface area contributed by atoms with Crippen molar-refractivity contribution in [2.24, 2.45) is 5.73 Å². The highest BCUT2D eigenvalue weighted by atomic mass is 16.5. The van der Waals surface area contributed by atoms with E-state index in [1.807, 2.05) is 0 Å². The van der Waals surface area contributed by atoms with E-state index in [9.17, 15) is 9.90 Å². The summed E-state index contributed by atoms with van der Waals surface area (Å²) in [6.45, 7) is 3.96. The monoisotopic (exact) mass is 388 g/mol. The van der Waals surface area contributed by atoms with Crippen molar-refractivity contribution in [3.05, 3.63) is 0 Å². The van der Waals surface area contributed by atoms with Crippen LogP contribution in [0.3, 0.4) is 0 Å². The SMILES string of the molecule is CCCCCCCCCCCCOCC(O)CN[C@@H](CCCCN)C(=O)O. The minimum atomic E-state index is -0.884. The Morgan fingerprint density at radius 1 is 0.963 bits per heavy atom. The third-order valence-electron chi connectivity index (χ3n) is 4.80. The molecule has 0 spiro atoms. The molecule has 0 radical (unpaired) electrons. The standard InChI is InChI=1S/C21H44N2O4/c1-2-3-4-5-6-7-8-9-10-13-16-27-18-19(24)17-23-20(21(25)26)14-11-12-15-22/h19-20,23-24H,2-18,22H2,1H3,(H,25,26)/t19?,20-/m0/s1. The summed E-state index contributed by atoms with van der Waals surface area (Å²) in [4.78, 5) is 11.2. The lowest BCUT2D eigenvalue weighted by Crippen LogP contribution is -2.42. The highest BCUT2D eigenvalue weighted by Crippen LogP contribution is 2.10. The van der Waals surface area contributed by atoms with Gasteiger partial charge in [-0.1, -0.05) is 71.1 Å². The van der Waals surface area contributed by atoms with Gasteiger partial charge < -0.3 is 26.0 Å². The van der Waals surface area contributed by atoms with E-state index in [-0.39, 0.29) is 13.2 Å². The molecule has 6 nitrogen and oxygen atoms in total. The van der Waals surface area contributed by atoms with Crippen molar-refractivity contribution in [2.45, 2.75) is 103 Å². The van der Waals surface area contributed by atoms with Gasteiger partial charge in [-0.05, 0) is 25.8 Å². The molecular formula is C21H44N2O4. The maximum atomic E-state index is 11.2. The van der Waals surface area contributed by atoms with Crippen LogP contribution >= 0.6 is 0 Å². The Hall–Kier alpha value is -0.690. The first kappa shape index (κ1) is 26.3. The van der Waals surface area contributed by atoms with Crippen LogP contribution in [0.5, 0.6) is 0 Å². The van der Waals surface area contributed by atoms with E-state index in [1.165, 1.54) is 57.8 Å². The summed E-state index contributed by atoms with van der Waals surface area (Å²) in [5, 5.41) is 22.0. The molecule has 0 aliphatic rings. The van der Waals surface area contributed by atoms with E-state index >= 15 is 0 Å². The van der Waals surface area contributed by atoms with Gasteiger partial charge in [0.1, 0.15) is 6.04 Å². The molecule has 0 fully saturated rings. The van der Waals surface area contributed by atoms with Crippen molar-refractivity contribution in [2.75, 3.05) is 26.3 Å². The topological polar surface area (TPSA) is 105 Å². The Morgan fingerprint density at radius 2 is 1.56 bits per heavy atom. The molecule has 0 aromatic carbocycles. The van der Waals surface area contributed by atoms with Gasteiger partial charge in [-0.15, -0.1) is 0 Å². The van der Waals surface area contributed by atoms with E-state index < -0.39 is 18.1 Å². The molecule has 2 atom stereocenters. The second kappa shape index (κ2) is 20.1. The summed E-state index contributed by atoms with van der Waals surface area (Å²) in [6, 6.07) is -0.631. The van der Waals surface area contributed by atoms with E-state index in [4.69, 9.17) is 15.6 Å². The van der Waals surface area contributed by atoms with Crippen molar-refractivity contribution < 1.29 is 19.7 Å². The molecule has 0 saturated heterocycles. The lowest BCUT2D eigenvalue weighted by Gasteiger charge is -2.17. The number of carboxylic acid groups (broad SMARTS) is 1. The maximum absolute atomic E-state index is 11.2. The van der Waals surface area contributed by atoms with E-state index in [0.29, 0.717) is 19.6 Å². The van der Waals surface area contributed by atoms with Gasteiger partial charge in [0.05, 0.1) is 12.7 Å². The van der Waals surface area contributed by atoms with Gasteiger partial charge in [-0.2, -0.15) is 0 Å². The first-order chi connectivity index (χ1) is 13.1. The fraction of sp³-hybridized carbons (Fsp3) is 0.952. The largest absolute Gasteiger partial charge is 0.480 e. The highest BCUT2D eigenvalue weighted by molar-refractivity contribution is 5.73. The molecule has 0 aromatic rings. The fourth-order valence-corrected chi connectivity index (χ4v) is 3.05. The number of aliphatic carboxylic acids is 1. The Kier molecular flexibility index (Phi) is 19.5. The Bertz CT molecular complexity index is 329. The van der Waals surface area contributed by atoms with Crippen molar-refractivity contribution in [1.29, 1.82) is 0 Å². The van der Waals surface area contributed by atoms with Gasteiger partial charge >= 0.3 is 5.97 Å². The molecule has 1 unspecified atom stereocenters. The van der Waals surface area contributed by atoms with Crippen molar-refractivity contribution in [3.63, 3.8) is 0 Å². The predicted octanol–water partition coefficient (Wildman–Crippen LogP) is 3.46. The molecule has 0 aromatic heterocycles. The van der Waals surface area contributed by atoms with Crippen LogP contribution in [0.15, 0.2) is 0 Å². The van der Waals surface area contributed by atoms with Crippen LogP contribution in [-0.2, 0) is 9.53 Å². The number of hydrogen-bond acceptors (Lipinski definition) is 5. The number of carbonyl (C=O) groups is 1. The number of nitrogens with two attached hydrogens (primary N) is 1. The normalized spacial score (nSPS) is 13.6. The molecule has 0 saturated carbocycles. The second-order valence-corrected chi connectivity index (χ2v) is 7.49. The van der Waals surface area contributed by atoms with Crippen LogP contribution in [0.1, 0.15) is 90.4 Å². The molecule has 0 bridgehead atoms. The number of carboxylic acids is 1. The molecule has 0 amide bonds. The van der Waals surface area contributed by atoms with Crippen LogP contribution in [0.2, 0.25) is 0 Å². The van der Waals surface area contributed by atoms with Crippen LogP contribution in [0.4, 0.5) is 0 Å². The van der Waals surface area contributed by atoms with E-state index in [2.05, 4.69) is 12.2 Å². The smallest absolute Gasteiger partial charge is 0.320 e. The Morgan fingerprint density at radius 3 is 2.11 bits per heavy atom. The Balaban J connectivity index is 3.47. The summed E-state index contributed by atoms with van der Waals surface area (Å²) < 4.78 is 5.50. The minimum absolute atomic E-state index is 0.234. The molecule has 0 aliphatic carbocycles. The number of rotatable bonds is 21. The quantitative estimate of drug-likeness (QED) is 0.224. The van der Waals surface area contributed by atoms with Crippen molar-refractivity contribution in [1.82, 2.24) is 5.32 Å². The average Bonchev–Trinajstić information content (AvgIpc) is 2.65. The maximum Gasteiger partial charge on any atom is 0.320 e. The molecule has 162 valence electrons. The summed E-state index contributed by atoms with van der Waals surface area (Å²) in [7, 11) is 0. The minimum Gasteiger partial charge on any atom is -0.480 e. The van der Waals surface area contributed by atoms with Crippen LogP contribution < -0.4 is 11.1 Å². The Labute approximate surface area is 166 Å². The number of ether oxygens (including phenoxy) is 1. The zero-order chi connectivity index (χ0) is 20.2. The lowest BCUT2D eigenvalue weighted by molar-refractivity contribution is -0.139. The first-order valence-electron chi connectivity index (χ1n) is 11.0. The summed E-state index contributed by atoms with van der Waals surface area (Å²) >= 11 is 0. The first-order valence-corrected chi connectivity index (χ1v) is 11.0. The third-order valence-corrected chi connectivity index (χ3v) is 4.80. The number of unbranched alkanes of at least 4 members (excludes halogenated alkanes) is 10. The van der Waals surface area contributed by atoms with Gasteiger partial charge in [0, 0.05) is 13.2 Å². The summed E-state index contributed by atoms with van der Waals surface area (Å²) in [5.74, 6) is -0.884. The molecule has 6 heteroatoms. The fourth-order valence-electron chi connectivity index (χ4n) is 3.05. The van der Waals surface area contributed by atoms with E-state index in [0.717, 1.165) is 19.3 Å². The molecule has 0 aliphatic heterocycles. The van der Waals surface area contributed by atoms with Crippen molar-refractivity contribution >= 4 is 5.97 Å². The molecule has 0 rings (SSSR count). The van der Waals surface area contributed by atoms with Gasteiger partial charge in [0.2, 0.25) is 0 Å². The summed E-state index contributed by atoms with van der Waals surface area (Å²) in [5.41, 5.74) is 5.42. The zero-order valence-electron chi connectivity index (χ0n) is 17.5. The molecule has 27 heavy (non-hydrogen) atoms. The lowest BCUT2D eigenvalue weighted by atomic mass is 10.1. The predicted molar refractivity (Wildman–Crippen MR) is 111 cm³/mol. The number of hydrogen-bond donors (Lipinski definition) is 4. The molecule has 5 N–H and O–H groups in total. The summed E-state index contributed by atoms with van der Waals surface area (Å²) in [6.07, 6.45) is 14.3. The second-order valence-electron chi connectivity index (χ2n) is 7.49. The van der Waals surface area contributed by atoms with Gasteiger partial charge in [0.25, 0.3) is 0 Å². The van der Waals surface area contributed by atoms with Gasteiger partial charge in [-0.3, -0.25) is 4.79 Å². The van der Waals surface area contributed by atoms with Gasteiger partial charge in [0.15, 0.2) is 0 Å². The molecular weight excluding hydrogens is 344 g/mol. The van der Waals surface area contributed by atoms with Crippen LogP contribution in [0.25, 0.3) is 0 Å². The zero-order valence-corrected chi connectivity index (χ0v) is 17.5.